The number of nitrogens with zero attached hydrogens (tertiary/aromatic N) is 2. The second-order valence-corrected chi connectivity index (χ2v) is 5.27. The fraction of sp³-hybridized carbons (Fsp3) is 0.412. The maximum Gasteiger partial charge on any atom is 0.161 e. The SMILES string of the molecule is CCNc1nc(-c2ccc3c(c2)CCO3)nc(CC)c1C. The Morgan fingerprint density at radius 1 is 1.24 bits per heavy atom. The van der Waals surface area contributed by atoms with E-state index < -0.39 is 0 Å². The fourth-order valence-corrected chi connectivity index (χ4v) is 2.70. The molecule has 110 valence electrons. The monoisotopic (exact) mass is 283 g/mol. The Morgan fingerprint density at radius 2 is 2.10 bits per heavy atom. The van der Waals surface area contributed by atoms with Gasteiger partial charge >= 0.3 is 0 Å². The van der Waals surface area contributed by atoms with Crippen LogP contribution in [-0.2, 0) is 12.8 Å². The zero-order valence-electron chi connectivity index (χ0n) is 12.9. The second kappa shape index (κ2) is 5.72. The van der Waals surface area contributed by atoms with Gasteiger partial charge in [0.15, 0.2) is 5.82 Å². The number of hydrogen-bond acceptors (Lipinski definition) is 4. The zero-order valence-corrected chi connectivity index (χ0v) is 12.9. The molecule has 1 aromatic heterocycles. The highest BCUT2D eigenvalue weighted by Gasteiger charge is 2.15. The Balaban J connectivity index is 2.07. The van der Waals surface area contributed by atoms with Gasteiger partial charge in [0, 0.05) is 29.8 Å². The summed E-state index contributed by atoms with van der Waals surface area (Å²) in [4.78, 5) is 9.44. The second-order valence-electron chi connectivity index (χ2n) is 5.27. The topological polar surface area (TPSA) is 47.0 Å². The molecule has 0 amide bonds. The number of aryl methyl sites for hydroxylation is 1. The highest BCUT2D eigenvalue weighted by atomic mass is 16.5. The van der Waals surface area contributed by atoms with E-state index in [1.54, 1.807) is 0 Å². The Hall–Kier alpha value is -2.10. The van der Waals surface area contributed by atoms with Crippen molar-refractivity contribution in [3.8, 4) is 17.1 Å². The minimum Gasteiger partial charge on any atom is -0.493 e. The average molecular weight is 283 g/mol. The van der Waals surface area contributed by atoms with E-state index >= 15 is 0 Å². The van der Waals surface area contributed by atoms with Crippen LogP contribution in [0.15, 0.2) is 18.2 Å². The van der Waals surface area contributed by atoms with Crippen molar-refractivity contribution in [2.24, 2.45) is 0 Å². The summed E-state index contributed by atoms with van der Waals surface area (Å²) in [7, 11) is 0. The summed E-state index contributed by atoms with van der Waals surface area (Å²) in [6.45, 7) is 7.93. The maximum absolute atomic E-state index is 5.56. The third-order valence-electron chi connectivity index (χ3n) is 3.87. The van der Waals surface area contributed by atoms with Crippen molar-refractivity contribution in [3.63, 3.8) is 0 Å². The average Bonchev–Trinajstić information content (AvgIpc) is 2.97. The lowest BCUT2D eigenvalue weighted by Gasteiger charge is -2.13. The van der Waals surface area contributed by atoms with Crippen molar-refractivity contribution >= 4 is 5.82 Å². The normalized spacial score (nSPS) is 12.9. The molecule has 1 aromatic carbocycles. The van der Waals surface area contributed by atoms with Crippen molar-refractivity contribution in [3.05, 3.63) is 35.0 Å². The Morgan fingerprint density at radius 3 is 2.86 bits per heavy atom. The van der Waals surface area contributed by atoms with Gasteiger partial charge in [0.2, 0.25) is 0 Å². The maximum atomic E-state index is 5.56. The number of rotatable bonds is 4. The van der Waals surface area contributed by atoms with Crippen LogP contribution in [0.5, 0.6) is 5.75 Å². The van der Waals surface area contributed by atoms with E-state index in [4.69, 9.17) is 14.7 Å². The number of hydrogen-bond donors (Lipinski definition) is 1. The first-order chi connectivity index (χ1) is 10.2. The van der Waals surface area contributed by atoms with Crippen molar-refractivity contribution in [2.45, 2.75) is 33.6 Å². The lowest BCUT2D eigenvalue weighted by Crippen LogP contribution is -2.07. The van der Waals surface area contributed by atoms with Gasteiger partial charge < -0.3 is 10.1 Å². The van der Waals surface area contributed by atoms with E-state index in [1.807, 2.05) is 12.1 Å². The number of anilines is 1. The van der Waals surface area contributed by atoms with Gasteiger partial charge in [-0.3, -0.25) is 0 Å². The summed E-state index contributed by atoms with van der Waals surface area (Å²) in [5.74, 6) is 2.73. The van der Waals surface area contributed by atoms with E-state index in [1.165, 1.54) is 5.56 Å². The van der Waals surface area contributed by atoms with Crippen LogP contribution < -0.4 is 10.1 Å². The van der Waals surface area contributed by atoms with Crippen LogP contribution in [-0.4, -0.2) is 23.1 Å². The molecule has 0 unspecified atom stereocenters. The Bertz CT molecular complexity index is 667. The van der Waals surface area contributed by atoms with Crippen molar-refractivity contribution in [1.29, 1.82) is 0 Å². The molecular weight excluding hydrogens is 262 g/mol. The third kappa shape index (κ3) is 2.58. The van der Waals surface area contributed by atoms with Crippen molar-refractivity contribution in [2.75, 3.05) is 18.5 Å². The van der Waals surface area contributed by atoms with Crippen LogP contribution in [0.25, 0.3) is 11.4 Å². The molecule has 0 spiro atoms. The number of aromatic nitrogens is 2. The van der Waals surface area contributed by atoms with Gasteiger partial charge in [-0.15, -0.1) is 0 Å². The standard InChI is InChI=1S/C17H21N3O/c1-4-14-11(3)16(18-5-2)20-17(19-14)13-6-7-15-12(10-13)8-9-21-15/h6-7,10H,4-5,8-9H2,1-3H3,(H,18,19,20). The molecule has 0 atom stereocenters. The molecule has 4 nitrogen and oxygen atoms in total. The van der Waals surface area contributed by atoms with Crippen molar-refractivity contribution < 1.29 is 4.74 Å². The number of ether oxygens (including phenoxy) is 1. The zero-order chi connectivity index (χ0) is 14.8. The first kappa shape index (κ1) is 13.9. The minimum atomic E-state index is 0.774. The van der Waals surface area contributed by atoms with Gasteiger partial charge in [-0.25, -0.2) is 9.97 Å². The molecule has 3 rings (SSSR count). The molecule has 0 saturated heterocycles. The van der Waals surface area contributed by atoms with E-state index in [9.17, 15) is 0 Å². The minimum absolute atomic E-state index is 0.774. The highest BCUT2D eigenvalue weighted by molar-refractivity contribution is 5.62. The summed E-state index contributed by atoms with van der Waals surface area (Å²) < 4.78 is 5.56. The van der Waals surface area contributed by atoms with Gasteiger partial charge in [-0.05, 0) is 44.0 Å². The molecular formula is C17H21N3O. The van der Waals surface area contributed by atoms with Crippen molar-refractivity contribution in [1.82, 2.24) is 9.97 Å². The first-order valence-corrected chi connectivity index (χ1v) is 7.60. The van der Waals surface area contributed by atoms with E-state index in [-0.39, 0.29) is 0 Å². The Labute approximate surface area is 125 Å². The molecule has 4 heteroatoms. The predicted molar refractivity (Wildman–Crippen MR) is 84.9 cm³/mol. The summed E-state index contributed by atoms with van der Waals surface area (Å²) >= 11 is 0. The van der Waals surface area contributed by atoms with E-state index in [0.717, 1.165) is 60.2 Å². The largest absolute Gasteiger partial charge is 0.493 e. The molecule has 1 aliphatic heterocycles. The van der Waals surface area contributed by atoms with Crippen LogP contribution in [0.4, 0.5) is 5.82 Å². The molecule has 2 aromatic rings. The quantitative estimate of drug-likeness (QED) is 0.934. The van der Waals surface area contributed by atoms with Crippen LogP contribution in [0.3, 0.4) is 0 Å². The van der Waals surface area contributed by atoms with E-state index in [0.29, 0.717) is 0 Å². The molecule has 0 aliphatic carbocycles. The number of fused-ring (bicyclic) bond motifs is 1. The lowest BCUT2D eigenvalue weighted by molar-refractivity contribution is 0.357. The molecule has 0 bridgehead atoms. The van der Waals surface area contributed by atoms with Gasteiger partial charge in [-0.1, -0.05) is 6.92 Å². The first-order valence-electron chi connectivity index (χ1n) is 7.60. The Kier molecular flexibility index (Phi) is 3.78. The summed E-state index contributed by atoms with van der Waals surface area (Å²) in [5, 5.41) is 3.34. The highest BCUT2D eigenvalue weighted by Crippen LogP contribution is 2.30. The van der Waals surface area contributed by atoms with E-state index in [2.05, 4.69) is 32.2 Å². The molecule has 0 fully saturated rings. The number of nitrogens with one attached hydrogen (secondary N) is 1. The number of benzene rings is 1. The van der Waals surface area contributed by atoms with Gasteiger partial charge in [0.1, 0.15) is 11.6 Å². The molecule has 2 heterocycles. The lowest BCUT2D eigenvalue weighted by atomic mass is 10.1. The summed E-state index contributed by atoms with van der Waals surface area (Å²) in [6.07, 6.45) is 1.88. The molecule has 21 heavy (non-hydrogen) atoms. The van der Waals surface area contributed by atoms with Crippen LogP contribution in [0.1, 0.15) is 30.7 Å². The molecule has 0 saturated carbocycles. The fourth-order valence-electron chi connectivity index (χ4n) is 2.70. The molecule has 1 aliphatic rings. The summed E-state index contributed by atoms with van der Waals surface area (Å²) in [5.41, 5.74) is 4.56. The van der Waals surface area contributed by atoms with Crippen LogP contribution in [0.2, 0.25) is 0 Å². The van der Waals surface area contributed by atoms with Gasteiger partial charge in [0.25, 0.3) is 0 Å². The third-order valence-corrected chi connectivity index (χ3v) is 3.87. The summed E-state index contributed by atoms with van der Waals surface area (Å²) in [6, 6.07) is 6.23. The molecule has 0 radical (unpaired) electrons. The molecule has 1 N–H and O–H groups in total. The van der Waals surface area contributed by atoms with Gasteiger partial charge in [-0.2, -0.15) is 0 Å². The van der Waals surface area contributed by atoms with Crippen LogP contribution in [0, 0.1) is 6.92 Å². The smallest absolute Gasteiger partial charge is 0.161 e. The van der Waals surface area contributed by atoms with Gasteiger partial charge in [0.05, 0.1) is 6.61 Å². The predicted octanol–water partition coefficient (Wildman–Crippen LogP) is 3.38. The van der Waals surface area contributed by atoms with Crippen LogP contribution >= 0.6 is 0 Å².